The van der Waals surface area contributed by atoms with E-state index in [1.165, 1.54) is 6.33 Å². The second-order valence-electron chi connectivity index (χ2n) is 7.96. The van der Waals surface area contributed by atoms with E-state index in [9.17, 15) is 14.8 Å². The van der Waals surface area contributed by atoms with E-state index in [1.54, 1.807) is 16.8 Å². The zero-order chi connectivity index (χ0) is 20.6. The van der Waals surface area contributed by atoms with E-state index < -0.39 is 38.2 Å². The fourth-order valence-electron chi connectivity index (χ4n) is 3.39. The summed E-state index contributed by atoms with van der Waals surface area (Å²) in [5, 5.41) is 21.7. The molecule has 2 aromatic rings. The maximum absolute atomic E-state index is 12.3. The molecule has 2 aromatic heterocycles. The van der Waals surface area contributed by atoms with Crippen LogP contribution in [0.1, 0.15) is 46.8 Å². The Hall–Kier alpha value is -1.51. The highest BCUT2D eigenvalue weighted by Gasteiger charge is 2.46. The van der Waals surface area contributed by atoms with Crippen molar-refractivity contribution in [3.8, 4) is 0 Å². The Bertz CT molecular complexity index is 858. The molecule has 0 bridgehead atoms. The summed E-state index contributed by atoms with van der Waals surface area (Å²) in [6.45, 7) is 7.48. The fourth-order valence-corrected chi connectivity index (χ4v) is 4.55. The molecule has 28 heavy (non-hydrogen) atoms. The summed E-state index contributed by atoms with van der Waals surface area (Å²) in [6, 6.07) is 1.74. The summed E-state index contributed by atoms with van der Waals surface area (Å²) in [5.41, 5.74) is 5.59. The van der Waals surface area contributed by atoms with Crippen molar-refractivity contribution in [2.75, 3.05) is 5.73 Å². The first-order valence-electron chi connectivity index (χ1n) is 9.46. The van der Waals surface area contributed by atoms with Crippen LogP contribution in [0.2, 0.25) is 0 Å². The molecule has 0 spiro atoms. The largest absolute Gasteiger partial charge is 0.388 e. The van der Waals surface area contributed by atoms with Gasteiger partial charge >= 0.3 is 0 Å². The number of aromatic nitrogens is 3. The van der Waals surface area contributed by atoms with Crippen molar-refractivity contribution in [3.63, 3.8) is 0 Å². The van der Waals surface area contributed by atoms with Gasteiger partial charge in [0.15, 0.2) is 14.3 Å². The van der Waals surface area contributed by atoms with Crippen molar-refractivity contribution < 1.29 is 24.0 Å². The van der Waals surface area contributed by atoms with Crippen LogP contribution in [0.5, 0.6) is 0 Å². The van der Waals surface area contributed by atoms with Crippen molar-refractivity contribution in [1.82, 2.24) is 14.5 Å². The molecule has 3 heterocycles. The Labute approximate surface area is 164 Å². The third kappa shape index (κ3) is 4.09. The summed E-state index contributed by atoms with van der Waals surface area (Å²) in [4.78, 5) is 8.16. The molecule has 6 atom stereocenters. The molecule has 1 aliphatic rings. The molecule has 10 heteroatoms. The van der Waals surface area contributed by atoms with Crippen molar-refractivity contribution >= 4 is 24.9 Å². The van der Waals surface area contributed by atoms with Crippen LogP contribution in [0.15, 0.2) is 18.6 Å². The normalized spacial score (nSPS) is 27.9. The molecular formula is C18H29N4O5P. The lowest BCUT2D eigenvalue weighted by Gasteiger charge is -2.30. The zero-order valence-electron chi connectivity index (χ0n) is 16.6. The average molecular weight is 412 g/mol. The highest BCUT2D eigenvalue weighted by molar-refractivity contribution is 7.40. The van der Waals surface area contributed by atoms with E-state index in [4.69, 9.17) is 15.0 Å². The molecule has 0 amide bonds. The molecule has 0 aromatic carbocycles. The molecule has 1 saturated heterocycles. The fraction of sp³-hybridized carbons (Fsp3) is 0.667. The molecule has 0 aliphatic carbocycles. The van der Waals surface area contributed by atoms with Crippen molar-refractivity contribution in [1.29, 1.82) is 0 Å². The summed E-state index contributed by atoms with van der Waals surface area (Å²) in [7, 11) is -2.22. The van der Waals surface area contributed by atoms with E-state index in [1.807, 2.05) is 27.7 Å². The third-order valence-electron chi connectivity index (χ3n) is 5.24. The van der Waals surface area contributed by atoms with Gasteiger partial charge in [-0.25, -0.2) is 9.97 Å². The van der Waals surface area contributed by atoms with Gasteiger partial charge in [0.1, 0.15) is 30.0 Å². The van der Waals surface area contributed by atoms with Crippen LogP contribution in [0.3, 0.4) is 0 Å². The van der Waals surface area contributed by atoms with Gasteiger partial charge < -0.3 is 29.8 Å². The summed E-state index contributed by atoms with van der Waals surface area (Å²) >= 11 is 0. The molecule has 0 saturated carbocycles. The molecule has 3 unspecified atom stereocenters. The average Bonchev–Trinajstić information content (AvgIpc) is 3.18. The minimum absolute atomic E-state index is 0.0200. The number of anilines is 1. The van der Waals surface area contributed by atoms with Gasteiger partial charge in [-0.2, -0.15) is 0 Å². The minimum atomic E-state index is -2.22. The smallest absolute Gasteiger partial charge is 0.194 e. The maximum atomic E-state index is 12.3. The Balaban J connectivity index is 1.77. The number of ether oxygens (including phenoxy) is 1. The number of hydrogen-bond donors (Lipinski definition) is 3. The number of fused-ring (bicyclic) bond motifs is 1. The van der Waals surface area contributed by atoms with Crippen LogP contribution in [0, 0.1) is 0 Å². The second kappa shape index (κ2) is 8.08. The standard InChI is InChI=1S/C18H29N4O5P/c1-5-10(2)28(25)27-18(3,4)8-12-13(23)14(24)17(26-12)22-7-6-11-15(19)20-9-21-16(11)22/h6-7,9-10,12-14,17,23-24,28H,5,8H2,1-4H3,(H2,19,20,21)/t10-,12-,13?,14-,17?/m1/s1. The Morgan fingerprint density at radius 1 is 1.39 bits per heavy atom. The minimum Gasteiger partial charge on any atom is -0.388 e. The van der Waals surface area contributed by atoms with Gasteiger partial charge in [-0.1, -0.05) is 13.8 Å². The molecule has 4 N–H and O–H groups in total. The SMILES string of the molecule is CC[C@@H](C)[PH](=O)OC(C)(C)C[C@H]1OC(n2ccc3c(N)ncnc32)[C@H](O)C1O. The lowest BCUT2D eigenvalue weighted by molar-refractivity contribution is -0.0576. The predicted octanol–water partition coefficient (Wildman–Crippen LogP) is 2.09. The maximum Gasteiger partial charge on any atom is 0.194 e. The second-order valence-corrected chi connectivity index (χ2v) is 9.79. The lowest BCUT2D eigenvalue weighted by atomic mass is 9.97. The van der Waals surface area contributed by atoms with Crippen molar-refractivity contribution in [3.05, 3.63) is 18.6 Å². The van der Waals surface area contributed by atoms with Crippen LogP contribution in [0.25, 0.3) is 11.0 Å². The van der Waals surface area contributed by atoms with Crippen LogP contribution in [-0.2, 0) is 13.8 Å². The number of hydrogen-bond acceptors (Lipinski definition) is 8. The number of aliphatic hydroxyl groups excluding tert-OH is 2. The summed E-state index contributed by atoms with van der Waals surface area (Å²) < 4.78 is 25.7. The number of nitrogens with zero attached hydrogens (tertiary/aromatic N) is 3. The van der Waals surface area contributed by atoms with Crippen molar-refractivity contribution in [2.45, 2.75) is 76.3 Å². The number of nitrogen functional groups attached to an aromatic ring is 1. The first-order chi connectivity index (χ1) is 13.1. The van der Waals surface area contributed by atoms with Crippen molar-refractivity contribution in [2.24, 2.45) is 0 Å². The van der Waals surface area contributed by atoms with E-state index in [-0.39, 0.29) is 12.1 Å². The Kier molecular flexibility index (Phi) is 6.12. The van der Waals surface area contributed by atoms with Gasteiger partial charge in [0.2, 0.25) is 0 Å². The first-order valence-corrected chi connectivity index (χ1v) is 10.9. The highest BCUT2D eigenvalue weighted by atomic mass is 31.1. The van der Waals surface area contributed by atoms with Gasteiger partial charge in [0.05, 0.1) is 17.1 Å². The quantitative estimate of drug-likeness (QED) is 0.589. The van der Waals surface area contributed by atoms with Gasteiger partial charge in [-0.15, -0.1) is 0 Å². The predicted molar refractivity (Wildman–Crippen MR) is 106 cm³/mol. The summed E-state index contributed by atoms with van der Waals surface area (Å²) in [6.07, 6.45) is 0.310. The van der Waals surface area contributed by atoms with E-state index in [0.717, 1.165) is 6.42 Å². The van der Waals surface area contributed by atoms with E-state index in [0.29, 0.717) is 16.9 Å². The zero-order valence-corrected chi connectivity index (χ0v) is 17.6. The first kappa shape index (κ1) is 21.2. The monoisotopic (exact) mass is 412 g/mol. The van der Waals surface area contributed by atoms with Crippen LogP contribution in [-0.4, -0.2) is 54.3 Å². The molecule has 156 valence electrons. The number of rotatable bonds is 7. The van der Waals surface area contributed by atoms with Gasteiger partial charge in [0, 0.05) is 18.3 Å². The lowest BCUT2D eigenvalue weighted by Crippen LogP contribution is -2.36. The molecule has 1 fully saturated rings. The van der Waals surface area contributed by atoms with Gasteiger partial charge in [-0.3, -0.25) is 4.57 Å². The Morgan fingerprint density at radius 3 is 2.79 bits per heavy atom. The highest BCUT2D eigenvalue weighted by Crippen LogP contribution is 2.41. The topological polar surface area (TPSA) is 133 Å². The molecule has 0 radical (unpaired) electrons. The Morgan fingerprint density at radius 2 is 2.11 bits per heavy atom. The van der Waals surface area contributed by atoms with Crippen LogP contribution >= 0.6 is 8.03 Å². The van der Waals surface area contributed by atoms with Crippen LogP contribution in [0.4, 0.5) is 5.82 Å². The molecule has 1 aliphatic heterocycles. The number of aliphatic hydroxyl groups is 2. The molecule has 3 rings (SSSR count). The van der Waals surface area contributed by atoms with Gasteiger partial charge in [-0.05, 0) is 26.3 Å². The van der Waals surface area contributed by atoms with E-state index in [2.05, 4.69) is 9.97 Å². The van der Waals surface area contributed by atoms with Crippen LogP contribution < -0.4 is 5.73 Å². The summed E-state index contributed by atoms with van der Waals surface area (Å²) in [5.74, 6) is 0.332. The van der Waals surface area contributed by atoms with E-state index >= 15 is 0 Å². The molecule has 9 nitrogen and oxygen atoms in total. The van der Waals surface area contributed by atoms with Gasteiger partial charge in [0.25, 0.3) is 0 Å². The third-order valence-corrected chi connectivity index (χ3v) is 7.20. The molecular weight excluding hydrogens is 383 g/mol. The number of nitrogens with two attached hydrogens (primary N) is 1.